The summed E-state index contributed by atoms with van der Waals surface area (Å²) in [6.45, 7) is 2.01. The molecule has 0 radical (unpaired) electrons. The van der Waals surface area contributed by atoms with Crippen molar-refractivity contribution < 1.29 is 17.9 Å². The molecule has 0 saturated carbocycles. The SMILES string of the molecule is CCC[C@H]1OC(=O)[C@]2(S(=O)(=O)c3ccccc3)CC=CC[C@@H]12. The van der Waals surface area contributed by atoms with Gasteiger partial charge in [0.1, 0.15) is 6.10 Å². The summed E-state index contributed by atoms with van der Waals surface area (Å²) in [6.07, 6.45) is 5.80. The summed E-state index contributed by atoms with van der Waals surface area (Å²) in [4.78, 5) is 12.8. The summed E-state index contributed by atoms with van der Waals surface area (Å²) in [5.41, 5.74) is 0. The fourth-order valence-electron chi connectivity index (χ4n) is 3.62. The molecular weight excluding hydrogens is 300 g/mol. The van der Waals surface area contributed by atoms with Gasteiger partial charge in [0.15, 0.2) is 14.6 Å². The number of allylic oxidation sites excluding steroid dienone is 2. The minimum Gasteiger partial charge on any atom is -0.461 e. The molecule has 2 aliphatic rings. The van der Waals surface area contributed by atoms with Gasteiger partial charge in [0.2, 0.25) is 0 Å². The van der Waals surface area contributed by atoms with E-state index < -0.39 is 20.6 Å². The van der Waals surface area contributed by atoms with E-state index in [1.807, 2.05) is 13.0 Å². The minimum absolute atomic E-state index is 0.199. The van der Waals surface area contributed by atoms with Gasteiger partial charge in [-0.05, 0) is 31.4 Å². The van der Waals surface area contributed by atoms with Crippen LogP contribution in [0.3, 0.4) is 0 Å². The van der Waals surface area contributed by atoms with Crippen molar-refractivity contribution in [3.05, 3.63) is 42.5 Å². The Kier molecular flexibility index (Phi) is 3.85. The van der Waals surface area contributed by atoms with E-state index in [0.29, 0.717) is 12.8 Å². The average molecular weight is 320 g/mol. The molecule has 0 aromatic heterocycles. The van der Waals surface area contributed by atoms with Crippen molar-refractivity contribution in [3.63, 3.8) is 0 Å². The Morgan fingerprint density at radius 1 is 1.23 bits per heavy atom. The standard InChI is InChI=1S/C17H20O4S/c1-2-8-15-14-11-6-7-12-17(14,16(18)21-15)22(19,20)13-9-4-3-5-10-13/h3-7,9-10,14-15H,2,8,11-12H2,1H3/t14-,15+,17-/m0/s1. The molecule has 0 bridgehead atoms. The Morgan fingerprint density at radius 3 is 2.64 bits per heavy atom. The van der Waals surface area contributed by atoms with Crippen LogP contribution in [0.25, 0.3) is 0 Å². The van der Waals surface area contributed by atoms with Crippen LogP contribution < -0.4 is 0 Å². The zero-order chi connectivity index (χ0) is 15.8. The molecule has 22 heavy (non-hydrogen) atoms. The molecule has 1 aliphatic heterocycles. The lowest BCUT2D eigenvalue weighted by atomic mass is 9.80. The molecule has 1 heterocycles. The number of rotatable bonds is 4. The fourth-order valence-corrected chi connectivity index (χ4v) is 5.79. The number of carbonyl (C=O) groups excluding carboxylic acids is 1. The van der Waals surface area contributed by atoms with Crippen LogP contribution in [0.5, 0.6) is 0 Å². The maximum Gasteiger partial charge on any atom is 0.328 e. The number of cyclic esters (lactones) is 1. The van der Waals surface area contributed by atoms with Crippen LogP contribution in [0.2, 0.25) is 0 Å². The topological polar surface area (TPSA) is 60.4 Å². The lowest BCUT2D eigenvalue weighted by Crippen LogP contribution is -2.50. The number of fused-ring (bicyclic) bond motifs is 1. The van der Waals surface area contributed by atoms with E-state index in [0.717, 1.165) is 6.42 Å². The molecule has 5 heteroatoms. The van der Waals surface area contributed by atoms with Crippen molar-refractivity contribution in [2.24, 2.45) is 5.92 Å². The van der Waals surface area contributed by atoms with Gasteiger partial charge in [-0.2, -0.15) is 0 Å². The van der Waals surface area contributed by atoms with E-state index >= 15 is 0 Å². The quantitative estimate of drug-likeness (QED) is 0.632. The highest BCUT2D eigenvalue weighted by Crippen LogP contribution is 2.49. The summed E-state index contributed by atoms with van der Waals surface area (Å²) in [6, 6.07) is 8.24. The zero-order valence-corrected chi connectivity index (χ0v) is 13.4. The lowest BCUT2D eigenvalue weighted by Gasteiger charge is -2.33. The number of benzene rings is 1. The highest BCUT2D eigenvalue weighted by molar-refractivity contribution is 7.93. The van der Waals surface area contributed by atoms with Gasteiger partial charge in [0.25, 0.3) is 0 Å². The maximum atomic E-state index is 13.2. The van der Waals surface area contributed by atoms with Crippen LogP contribution in [0.4, 0.5) is 0 Å². The molecule has 0 N–H and O–H groups in total. The van der Waals surface area contributed by atoms with Gasteiger partial charge in [-0.3, -0.25) is 4.79 Å². The van der Waals surface area contributed by atoms with E-state index in [1.165, 1.54) is 0 Å². The molecule has 118 valence electrons. The first-order valence-electron chi connectivity index (χ1n) is 7.70. The maximum absolute atomic E-state index is 13.2. The van der Waals surface area contributed by atoms with Crippen LogP contribution in [0.1, 0.15) is 32.6 Å². The summed E-state index contributed by atoms with van der Waals surface area (Å²) in [7, 11) is -3.79. The van der Waals surface area contributed by atoms with E-state index in [9.17, 15) is 13.2 Å². The highest BCUT2D eigenvalue weighted by Gasteiger charge is 2.64. The Balaban J connectivity index is 2.13. The van der Waals surface area contributed by atoms with Crippen molar-refractivity contribution in [2.75, 3.05) is 0 Å². The number of esters is 1. The molecule has 1 fully saturated rings. The third-order valence-corrected chi connectivity index (χ3v) is 7.22. The second-order valence-electron chi connectivity index (χ2n) is 5.96. The fraction of sp³-hybridized carbons (Fsp3) is 0.471. The molecule has 1 aliphatic carbocycles. The van der Waals surface area contributed by atoms with E-state index in [4.69, 9.17) is 4.74 Å². The number of hydrogen-bond donors (Lipinski definition) is 0. The van der Waals surface area contributed by atoms with E-state index in [-0.39, 0.29) is 23.3 Å². The molecular formula is C17H20O4S. The van der Waals surface area contributed by atoms with E-state index in [1.54, 1.807) is 36.4 Å². The minimum atomic E-state index is -3.79. The summed E-state index contributed by atoms with van der Waals surface area (Å²) >= 11 is 0. The molecule has 0 amide bonds. The normalized spacial score (nSPS) is 30.9. The van der Waals surface area contributed by atoms with Crippen LogP contribution in [0.15, 0.2) is 47.4 Å². The van der Waals surface area contributed by atoms with Gasteiger partial charge < -0.3 is 4.74 Å². The van der Waals surface area contributed by atoms with Gasteiger partial charge in [-0.1, -0.05) is 43.7 Å². The third-order valence-electron chi connectivity index (χ3n) is 4.74. The summed E-state index contributed by atoms with van der Waals surface area (Å²) in [5.74, 6) is -0.876. The van der Waals surface area contributed by atoms with Gasteiger partial charge >= 0.3 is 5.97 Å². The zero-order valence-electron chi connectivity index (χ0n) is 12.6. The second-order valence-corrected chi connectivity index (χ2v) is 8.16. The van der Waals surface area contributed by atoms with Crippen LogP contribution in [-0.4, -0.2) is 25.2 Å². The number of hydrogen-bond acceptors (Lipinski definition) is 4. The molecule has 1 aromatic carbocycles. The summed E-state index contributed by atoms with van der Waals surface area (Å²) in [5, 5.41) is 0. The average Bonchev–Trinajstić information content (AvgIpc) is 2.83. The van der Waals surface area contributed by atoms with Crippen molar-refractivity contribution in [1.29, 1.82) is 0 Å². The molecule has 1 aromatic rings. The van der Waals surface area contributed by atoms with Crippen molar-refractivity contribution >= 4 is 15.8 Å². The molecule has 4 nitrogen and oxygen atoms in total. The van der Waals surface area contributed by atoms with E-state index in [2.05, 4.69) is 0 Å². The first-order valence-corrected chi connectivity index (χ1v) is 9.18. The highest BCUT2D eigenvalue weighted by atomic mass is 32.2. The van der Waals surface area contributed by atoms with Crippen molar-refractivity contribution in [2.45, 2.75) is 48.4 Å². The Hall–Kier alpha value is -1.62. The first-order chi connectivity index (χ1) is 10.5. The Labute approximate surface area is 131 Å². The largest absolute Gasteiger partial charge is 0.461 e. The molecule has 0 spiro atoms. The van der Waals surface area contributed by atoms with Gasteiger partial charge in [0, 0.05) is 5.92 Å². The van der Waals surface area contributed by atoms with Gasteiger partial charge in [-0.25, -0.2) is 8.42 Å². The van der Waals surface area contributed by atoms with Gasteiger partial charge in [0.05, 0.1) is 4.90 Å². The van der Waals surface area contributed by atoms with Crippen LogP contribution >= 0.6 is 0 Å². The molecule has 1 saturated heterocycles. The Morgan fingerprint density at radius 2 is 1.95 bits per heavy atom. The van der Waals surface area contributed by atoms with Crippen molar-refractivity contribution in [3.8, 4) is 0 Å². The number of ether oxygens (including phenoxy) is 1. The Bertz CT molecular complexity index is 693. The number of carbonyl (C=O) groups is 1. The summed E-state index contributed by atoms with van der Waals surface area (Å²) < 4.78 is 30.5. The first kappa shape index (κ1) is 15.3. The predicted octanol–water partition coefficient (Wildman–Crippen LogP) is 2.89. The van der Waals surface area contributed by atoms with Crippen LogP contribution in [-0.2, 0) is 19.4 Å². The third kappa shape index (κ3) is 2.02. The predicted molar refractivity (Wildman–Crippen MR) is 83.0 cm³/mol. The number of sulfone groups is 1. The molecule has 0 unspecified atom stereocenters. The second kappa shape index (κ2) is 5.54. The van der Waals surface area contributed by atoms with Gasteiger partial charge in [-0.15, -0.1) is 0 Å². The van der Waals surface area contributed by atoms with Crippen molar-refractivity contribution in [1.82, 2.24) is 0 Å². The molecule has 3 rings (SSSR count). The monoisotopic (exact) mass is 320 g/mol. The molecule has 3 atom stereocenters. The van der Waals surface area contributed by atoms with Crippen LogP contribution in [0, 0.1) is 5.92 Å². The smallest absolute Gasteiger partial charge is 0.328 e. The lowest BCUT2D eigenvalue weighted by molar-refractivity contribution is -0.143.